The molecule has 1 unspecified atom stereocenters. The molecular weight excluding hydrogens is 318 g/mol. The van der Waals surface area contributed by atoms with Crippen molar-refractivity contribution < 1.29 is 4.79 Å². The third-order valence-electron chi connectivity index (χ3n) is 3.86. The summed E-state index contributed by atoms with van der Waals surface area (Å²) >= 11 is 3.38. The van der Waals surface area contributed by atoms with E-state index in [1.807, 2.05) is 6.07 Å². The average molecular weight is 340 g/mol. The van der Waals surface area contributed by atoms with Gasteiger partial charge in [-0.2, -0.15) is 0 Å². The summed E-state index contributed by atoms with van der Waals surface area (Å²) in [5.41, 5.74) is 0.610. The number of carbonyl (C=O) groups is 1. The van der Waals surface area contributed by atoms with Crippen LogP contribution < -0.4 is 10.6 Å². The van der Waals surface area contributed by atoms with Crippen molar-refractivity contribution in [2.75, 3.05) is 11.9 Å². The molecule has 0 radical (unpaired) electrons. The van der Waals surface area contributed by atoms with Crippen LogP contribution in [0.3, 0.4) is 0 Å². The van der Waals surface area contributed by atoms with Gasteiger partial charge in [0.1, 0.15) is 5.82 Å². The number of hydrogen-bond acceptors (Lipinski definition) is 3. The van der Waals surface area contributed by atoms with E-state index < -0.39 is 0 Å². The van der Waals surface area contributed by atoms with Crippen molar-refractivity contribution in [2.24, 2.45) is 5.92 Å². The van der Waals surface area contributed by atoms with Gasteiger partial charge in [-0.1, -0.05) is 13.3 Å². The number of aromatic nitrogens is 1. The van der Waals surface area contributed by atoms with Gasteiger partial charge in [0.15, 0.2) is 0 Å². The molecule has 0 saturated heterocycles. The summed E-state index contributed by atoms with van der Waals surface area (Å²) < 4.78 is 0.820. The molecule has 1 heterocycles. The average Bonchev–Trinajstić information content (AvgIpc) is 2.35. The summed E-state index contributed by atoms with van der Waals surface area (Å²) in [7, 11) is 0. The van der Waals surface area contributed by atoms with Crippen LogP contribution in [0.4, 0.5) is 5.82 Å². The summed E-state index contributed by atoms with van der Waals surface area (Å²) in [6, 6.07) is 2.06. The Hall–Kier alpha value is -1.10. The fourth-order valence-electron chi connectivity index (χ4n) is 2.34. The predicted molar refractivity (Wildman–Crippen MR) is 85.0 cm³/mol. The number of nitrogens with zero attached hydrogens (tertiary/aromatic N) is 1. The zero-order valence-corrected chi connectivity index (χ0v) is 13.7. The van der Waals surface area contributed by atoms with E-state index in [0.717, 1.165) is 17.4 Å². The molecule has 0 aromatic carbocycles. The third kappa shape index (κ3) is 3.72. The minimum absolute atomic E-state index is 0.0446. The summed E-state index contributed by atoms with van der Waals surface area (Å²) in [5, 5.41) is 6.31. The Morgan fingerprint density at radius 3 is 2.90 bits per heavy atom. The molecule has 2 rings (SSSR count). The summed E-state index contributed by atoms with van der Waals surface area (Å²) in [5.74, 6) is 1.25. The number of amides is 1. The second-order valence-electron chi connectivity index (χ2n) is 5.43. The zero-order chi connectivity index (χ0) is 14.5. The van der Waals surface area contributed by atoms with E-state index in [-0.39, 0.29) is 11.9 Å². The van der Waals surface area contributed by atoms with E-state index in [1.54, 1.807) is 6.20 Å². The molecule has 0 bridgehead atoms. The third-order valence-corrected chi connectivity index (χ3v) is 4.29. The molecule has 5 heteroatoms. The highest BCUT2D eigenvalue weighted by Gasteiger charge is 2.26. The molecule has 1 aliphatic rings. The smallest absolute Gasteiger partial charge is 0.255 e. The highest BCUT2D eigenvalue weighted by atomic mass is 79.9. The van der Waals surface area contributed by atoms with Crippen LogP contribution in [0.2, 0.25) is 0 Å². The molecule has 1 aliphatic carbocycles. The van der Waals surface area contributed by atoms with Crippen LogP contribution in [0.5, 0.6) is 0 Å². The lowest BCUT2D eigenvalue weighted by molar-refractivity contribution is 0.0909. The number of halogens is 1. The van der Waals surface area contributed by atoms with E-state index >= 15 is 0 Å². The fourth-order valence-corrected chi connectivity index (χ4v) is 2.67. The van der Waals surface area contributed by atoms with Crippen molar-refractivity contribution in [1.82, 2.24) is 10.3 Å². The van der Waals surface area contributed by atoms with Crippen LogP contribution in [0.15, 0.2) is 16.7 Å². The van der Waals surface area contributed by atoms with Crippen molar-refractivity contribution in [3.05, 3.63) is 22.3 Å². The van der Waals surface area contributed by atoms with Gasteiger partial charge in [-0.3, -0.25) is 4.79 Å². The summed E-state index contributed by atoms with van der Waals surface area (Å²) in [4.78, 5) is 16.7. The maximum absolute atomic E-state index is 12.4. The number of nitrogens with one attached hydrogen (secondary N) is 2. The van der Waals surface area contributed by atoms with Crippen molar-refractivity contribution >= 4 is 27.7 Å². The summed E-state index contributed by atoms with van der Waals surface area (Å²) in [6.07, 6.45) is 6.44. The van der Waals surface area contributed by atoms with Gasteiger partial charge >= 0.3 is 0 Å². The number of carbonyl (C=O) groups excluding carboxylic acids is 1. The van der Waals surface area contributed by atoms with Gasteiger partial charge in [-0.25, -0.2) is 4.98 Å². The van der Waals surface area contributed by atoms with Crippen LogP contribution >= 0.6 is 15.9 Å². The molecule has 1 atom stereocenters. The van der Waals surface area contributed by atoms with Crippen LogP contribution in [-0.4, -0.2) is 23.5 Å². The van der Waals surface area contributed by atoms with Gasteiger partial charge in [-0.05, 0) is 54.1 Å². The molecule has 0 aliphatic heterocycles. The van der Waals surface area contributed by atoms with Crippen LogP contribution in [0, 0.1) is 5.92 Å². The fraction of sp³-hybridized carbons (Fsp3) is 0.600. The second kappa shape index (κ2) is 7.07. The van der Waals surface area contributed by atoms with Gasteiger partial charge < -0.3 is 10.6 Å². The molecule has 1 aromatic heterocycles. The Morgan fingerprint density at radius 1 is 1.55 bits per heavy atom. The molecule has 0 spiro atoms. The number of anilines is 1. The monoisotopic (exact) mass is 339 g/mol. The van der Waals surface area contributed by atoms with Gasteiger partial charge in [0, 0.05) is 23.3 Å². The predicted octanol–water partition coefficient (Wildman–Crippen LogP) is 3.58. The Balaban J connectivity index is 2.08. The Morgan fingerprint density at radius 2 is 2.30 bits per heavy atom. The summed E-state index contributed by atoms with van der Waals surface area (Å²) in [6.45, 7) is 4.99. The lowest BCUT2D eigenvalue weighted by Crippen LogP contribution is -2.41. The topological polar surface area (TPSA) is 54.0 Å². The highest BCUT2D eigenvalue weighted by molar-refractivity contribution is 9.10. The first-order valence-corrected chi connectivity index (χ1v) is 8.11. The van der Waals surface area contributed by atoms with Crippen LogP contribution in [0.25, 0.3) is 0 Å². The number of rotatable bonds is 6. The van der Waals surface area contributed by atoms with E-state index in [4.69, 9.17) is 0 Å². The Labute approximate surface area is 128 Å². The van der Waals surface area contributed by atoms with Crippen molar-refractivity contribution in [2.45, 2.75) is 45.6 Å². The molecule has 110 valence electrons. The SMILES string of the molecule is CCCNc1ncc(Br)cc1C(=O)NC(C)C1CCC1. The van der Waals surface area contributed by atoms with Crippen LogP contribution in [0.1, 0.15) is 49.9 Å². The van der Waals surface area contributed by atoms with Gasteiger partial charge in [0.25, 0.3) is 5.91 Å². The molecule has 1 aromatic rings. The van der Waals surface area contributed by atoms with Crippen LogP contribution in [-0.2, 0) is 0 Å². The standard InChI is InChI=1S/C15H22BrN3O/c1-3-7-17-14-13(8-12(16)9-18-14)15(20)19-10(2)11-5-4-6-11/h8-11H,3-7H2,1-2H3,(H,17,18)(H,19,20). The zero-order valence-electron chi connectivity index (χ0n) is 12.1. The van der Waals surface area contributed by atoms with E-state index in [1.165, 1.54) is 19.3 Å². The first kappa shape index (κ1) is 15.3. The Kier molecular flexibility index (Phi) is 5.40. The van der Waals surface area contributed by atoms with Gasteiger partial charge in [0.05, 0.1) is 5.56 Å². The van der Waals surface area contributed by atoms with E-state index in [0.29, 0.717) is 17.3 Å². The highest BCUT2D eigenvalue weighted by Crippen LogP contribution is 2.29. The quantitative estimate of drug-likeness (QED) is 0.832. The van der Waals surface area contributed by atoms with E-state index in [2.05, 4.69) is 45.4 Å². The maximum Gasteiger partial charge on any atom is 0.255 e. The molecular formula is C15H22BrN3O. The minimum Gasteiger partial charge on any atom is -0.369 e. The van der Waals surface area contributed by atoms with Gasteiger partial charge in [-0.15, -0.1) is 0 Å². The second-order valence-corrected chi connectivity index (χ2v) is 6.35. The first-order valence-electron chi connectivity index (χ1n) is 7.32. The molecule has 20 heavy (non-hydrogen) atoms. The van der Waals surface area contributed by atoms with Crippen molar-refractivity contribution in [3.63, 3.8) is 0 Å². The molecule has 4 nitrogen and oxygen atoms in total. The normalized spacial score (nSPS) is 16.4. The first-order chi connectivity index (χ1) is 9.61. The lowest BCUT2D eigenvalue weighted by atomic mass is 9.80. The molecule has 1 amide bonds. The molecule has 1 fully saturated rings. The largest absolute Gasteiger partial charge is 0.369 e. The number of hydrogen-bond donors (Lipinski definition) is 2. The van der Waals surface area contributed by atoms with Crippen molar-refractivity contribution in [3.8, 4) is 0 Å². The number of pyridine rings is 1. The molecule has 1 saturated carbocycles. The minimum atomic E-state index is -0.0446. The van der Waals surface area contributed by atoms with E-state index in [9.17, 15) is 4.79 Å². The van der Waals surface area contributed by atoms with Gasteiger partial charge in [0.2, 0.25) is 0 Å². The van der Waals surface area contributed by atoms with Crippen molar-refractivity contribution in [1.29, 1.82) is 0 Å². The lowest BCUT2D eigenvalue weighted by Gasteiger charge is -2.32. The Bertz CT molecular complexity index is 474. The maximum atomic E-state index is 12.4. The molecule has 2 N–H and O–H groups in total.